The van der Waals surface area contributed by atoms with Crippen LogP contribution in [0.5, 0.6) is 0 Å². The van der Waals surface area contributed by atoms with Gasteiger partial charge in [-0.1, -0.05) is 12.1 Å². The van der Waals surface area contributed by atoms with E-state index in [1.165, 1.54) is 18.4 Å². The highest BCUT2D eigenvalue weighted by molar-refractivity contribution is 7.13. The fourth-order valence-electron chi connectivity index (χ4n) is 1.56. The van der Waals surface area contributed by atoms with E-state index in [-0.39, 0.29) is 12.4 Å². The van der Waals surface area contributed by atoms with Gasteiger partial charge in [-0.2, -0.15) is 5.26 Å². The van der Waals surface area contributed by atoms with Crippen molar-refractivity contribution in [1.82, 2.24) is 4.98 Å². The quantitative estimate of drug-likeness (QED) is 0.854. The van der Waals surface area contributed by atoms with Crippen molar-refractivity contribution in [3.05, 3.63) is 46.5 Å². The van der Waals surface area contributed by atoms with Crippen LogP contribution in [0.15, 0.2) is 29.6 Å². The number of nitrogens with zero attached hydrogens (tertiary/aromatic N) is 2. The fourth-order valence-corrected chi connectivity index (χ4v) is 2.27. The molecule has 1 aromatic heterocycles. The van der Waals surface area contributed by atoms with Gasteiger partial charge in [0.1, 0.15) is 0 Å². The molecule has 102 valence electrons. The maximum Gasteiger partial charge on any atom is 0.311 e. The predicted molar refractivity (Wildman–Crippen MR) is 76.3 cm³/mol. The molecule has 0 unspecified atom stereocenters. The molecule has 1 aromatic carbocycles. The van der Waals surface area contributed by atoms with E-state index in [4.69, 9.17) is 5.26 Å². The molecular weight excluding hydrogens is 274 g/mol. The van der Waals surface area contributed by atoms with E-state index in [2.05, 4.69) is 21.1 Å². The third-order valence-electron chi connectivity index (χ3n) is 2.63. The largest absolute Gasteiger partial charge is 0.469 e. The van der Waals surface area contributed by atoms with Crippen LogP contribution in [0.2, 0.25) is 0 Å². The minimum absolute atomic E-state index is 0.186. The van der Waals surface area contributed by atoms with Gasteiger partial charge in [-0.25, -0.2) is 4.98 Å². The maximum atomic E-state index is 11.1. The van der Waals surface area contributed by atoms with E-state index in [1.54, 1.807) is 12.1 Å². The highest BCUT2D eigenvalue weighted by Gasteiger charge is 2.07. The van der Waals surface area contributed by atoms with Crippen LogP contribution in [0, 0.1) is 11.3 Å². The lowest BCUT2D eigenvalue weighted by atomic mass is 10.1. The number of hydrogen-bond acceptors (Lipinski definition) is 6. The number of nitrogens with one attached hydrogen (secondary N) is 1. The number of carbonyl (C=O) groups excluding carboxylic acids is 1. The van der Waals surface area contributed by atoms with Gasteiger partial charge in [-0.05, 0) is 17.7 Å². The molecular formula is C14H13N3O2S. The van der Waals surface area contributed by atoms with Crippen LogP contribution >= 0.6 is 11.3 Å². The molecule has 0 amide bonds. The first kappa shape index (κ1) is 14.0. The first-order valence-corrected chi connectivity index (χ1v) is 6.83. The van der Waals surface area contributed by atoms with Crippen LogP contribution in [0.3, 0.4) is 0 Å². The van der Waals surface area contributed by atoms with Crippen molar-refractivity contribution < 1.29 is 9.53 Å². The van der Waals surface area contributed by atoms with Gasteiger partial charge in [-0.15, -0.1) is 11.3 Å². The molecule has 0 radical (unpaired) electrons. The number of ether oxygens (including phenoxy) is 1. The zero-order chi connectivity index (χ0) is 14.4. The van der Waals surface area contributed by atoms with Gasteiger partial charge in [-0.3, -0.25) is 4.79 Å². The Hall–Kier alpha value is -2.39. The van der Waals surface area contributed by atoms with Crippen molar-refractivity contribution in [2.75, 3.05) is 12.4 Å². The van der Waals surface area contributed by atoms with E-state index in [9.17, 15) is 4.79 Å². The fraction of sp³-hybridized carbons (Fsp3) is 0.214. The summed E-state index contributed by atoms with van der Waals surface area (Å²) in [4.78, 5) is 15.4. The Balaban J connectivity index is 1.90. The lowest BCUT2D eigenvalue weighted by Gasteiger charge is -2.02. The van der Waals surface area contributed by atoms with E-state index >= 15 is 0 Å². The number of nitriles is 1. The molecule has 6 heteroatoms. The monoisotopic (exact) mass is 287 g/mol. The molecule has 5 nitrogen and oxygen atoms in total. The number of carbonyl (C=O) groups is 1. The standard InChI is InChI=1S/C14H13N3O2S/c1-19-13(18)6-12-9-20-14(17-12)16-8-11-4-2-10(7-15)3-5-11/h2-5,9H,6,8H2,1H3,(H,16,17). The molecule has 0 spiro atoms. The van der Waals surface area contributed by atoms with Crippen molar-refractivity contribution in [1.29, 1.82) is 5.26 Å². The molecule has 0 aliphatic heterocycles. The Kier molecular flexibility index (Phi) is 4.69. The van der Waals surface area contributed by atoms with Crippen molar-refractivity contribution in [3.8, 4) is 6.07 Å². The van der Waals surface area contributed by atoms with Crippen LogP contribution in [-0.2, 0) is 22.5 Å². The molecule has 0 bridgehead atoms. The Morgan fingerprint density at radius 1 is 1.45 bits per heavy atom. The predicted octanol–water partition coefficient (Wildman–Crippen LogP) is 2.34. The highest BCUT2D eigenvalue weighted by Crippen LogP contribution is 2.17. The summed E-state index contributed by atoms with van der Waals surface area (Å²) >= 11 is 1.45. The summed E-state index contributed by atoms with van der Waals surface area (Å²) in [6.45, 7) is 0.622. The van der Waals surface area contributed by atoms with Gasteiger partial charge in [0.15, 0.2) is 5.13 Å². The van der Waals surface area contributed by atoms with Crippen LogP contribution in [0.4, 0.5) is 5.13 Å². The van der Waals surface area contributed by atoms with Crippen molar-refractivity contribution >= 4 is 22.4 Å². The van der Waals surface area contributed by atoms with Crippen LogP contribution in [0.1, 0.15) is 16.8 Å². The number of anilines is 1. The van der Waals surface area contributed by atoms with Crippen molar-refractivity contribution in [2.24, 2.45) is 0 Å². The van der Waals surface area contributed by atoms with Gasteiger partial charge in [0.05, 0.1) is 30.9 Å². The zero-order valence-electron chi connectivity index (χ0n) is 10.9. The molecule has 20 heavy (non-hydrogen) atoms. The Labute approximate surface area is 120 Å². The molecule has 2 rings (SSSR count). The average molecular weight is 287 g/mol. The summed E-state index contributed by atoms with van der Waals surface area (Å²) in [6, 6.07) is 9.43. The number of hydrogen-bond donors (Lipinski definition) is 1. The zero-order valence-corrected chi connectivity index (χ0v) is 11.7. The number of aromatic nitrogens is 1. The number of methoxy groups -OCH3 is 1. The van der Waals surface area contributed by atoms with E-state index in [1.807, 2.05) is 17.5 Å². The summed E-state index contributed by atoms with van der Waals surface area (Å²) in [5, 5.41) is 14.5. The molecule has 0 saturated carbocycles. The summed E-state index contributed by atoms with van der Waals surface area (Å²) in [5.74, 6) is -0.297. The number of esters is 1. The molecule has 0 saturated heterocycles. The van der Waals surface area contributed by atoms with E-state index in [0.717, 1.165) is 10.7 Å². The van der Waals surface area contributed by atoms with Gasteiger partial charge in [0.25, 0.3) is 0 Å². The smallest absolute Gasteiger partial charge is 0.311 e. The Morgan fingerprint density at radius 3 is 2.85 bits per heavy atom. The Bertz CT molecular complexity index is 629. The van der Waals surface area contributed by atoms with E-state index in [0.29, 0.717) is 17.8 Å². The average Bonchev–Trinajstić information content (AvgIpc) is 2.93. The molecule has 0 atom stereocenters. The lowest BCUT2D eigenvalue weighted by molar-refractivity contribution is -0.139. The second kappa shape index (κ2) is 6.68. The van der Waals surface area contributed by atoms with Gasteiger partial charge >= 0.3 is 5.97 Å². The third-order valence-corrected chi connectivity index (χ3v) is 3.48. The topological polar surface area (TPSA) is 75.0 Å². The number of benzene rings is 1. The number of thiazole rings is 1. The first-order valence-electron chi connectivity index (χ1n) is 5.95. The second-order valence-corrected chi connectivity index (χ2v) is 4.92. The lowest BCUT2D eigenvalue weighted by Crippen LogP contribution is -2.05. The minimum Gasteiger partial charge on any atom is -0.469 e. The van der Waals surface area contributed by atoms with Gasteiger partial charge in [0.2, 0.25) is 0 Å². The first-order chi connectivity index (χ1) is 9.71. The molecule has 0 aliphatic rings. The SMILES string of the molecule is COC(=O)Cc1csc(NCc2ccc(C#N)cc2)n1. The van der Waals surface area contributed by atoms with Crippen LogP contribution in [0.25, 0.3) is 0 Å². The third kappa shape index (κ3) is 3.80. The molecule has 2 aromatic rings. The van der Waals surface area contributed by atoms with Gasteiger partial charge in [0, 0.05) is 11.9 Å². The minimum atomic E-state index is -0.297. The second-order valence-electron chi connectivity index (χ2n) is 4.06. The summed E-state index contributed by atoms with van der Waals surface area (Å²) in [7, 11) is 1.36. The van der Waals surface area contributed by atoms with Crippen molar-refractivity contribution in [3.63, 3.8) is 0 Å². The van der Waals surface area contributed by atoms with Crippen LogP contribution in [-0.4, -0.2) is 18.1 Å². The molecule has 1 N–H and O–H groups in total. The highest BCUT2D eigenvalue weighted by atomic mass is 32.1. The van der Waals surface area contributed by atoms with Gasteiger partial charge < -0.3 is 10.1 Å². The number of rotatable bonds is 5. The molecule has 0 aliphatic carbocycles. The Morgan fingerprint density at radius 2 is 2.20 bits per heavy atom. The van der Waals surface area contributed by atoms with Crippen LogP contribution < -0.4 is 5.32 Å². The summed E-state index contributed by atoms with van der Waals surface area (Å²) in [5.41, 5.74) is 2.40. The maximum absolute atomic E-state index is 11.1. The van der Waals surface area contributed by atoms with E-state index < -0.39 is 0 Å². The normalized spacial score (nSPS) is 9.80. The summed E-state index contributed by atoms with van der Waals surface area (Å²) in [6.07, 6.45) is 0.186. The molecule has 1 heterocycles. The summed E-state index contributed by atoms with van der Waals surface area (Å²) < 4.78 is 4.59. The van der Waals surface area contributed by atoms with Crippen molar-refractivity contribution in [2.45, 2.75) is 13.0 Å². The molecule has 0 fully saturated rings.